The minimum Gasteiger partial charge on any atom is -0.378 e. The van der Waals surface area contributed by atoms with Gasteiger partial charge in [0.05, 0.1) is 18.9 Å². The fraction of sp³-hybridized carbons (Fsp3) is 0.333. The fourth-order valence-corrected chi connectivity index (χ4v) is 2.38. The van der Waals surface area contributed by atoms with Crippen LogP contribution in [0.15, 0.2) is 35.1 Å². The van der Waals surface area contributed by atoms with Gasteiger partial charge in [0.15, 0.2) is 0 Å². The van der Waals surface area contributed by atoms with Gasteiger partial charge in [0, 0.05) is 13.1 Å². The Morgan fingerprint density at radius 3 is 2.61 bits per heavy atom. The summed E-state index contributed by atoms with van der Waals surface area (Å²) in [5.74, 6) is 0. The SMILES string of the molecule is Cc1ccc(-c2ccc(C#N)c(=O)n2CCOCCN)cc1C. The standard InChI is InChI=1S/C18H21N3O2/c1-13-3-4-15(11-14(13)2)17-6-5-16(12-20)18(22)21(17)8-10-23-9-7-19/h3-6,11H,7-10,19H2,1-2H3. The molecule has 0 bridgehead atoms. The van der Waals surface area contributed by atoms with Crippen LogP contribution in [0, 0.1) is 25.2 Å². The van der Waals surface area contributed by atoms with Crippen molar-refractivity contribution in [3.8, 4) is 17.3 Å². The number of pyridine rings is 1. The van der Waals surface area contributed by atoms with Gasteiger partial charge in [-0.3, -0.25) is 4.79 Å². The Bertz CT molecular complexity index is 788. The molecule has 0 atom stereocenters. The molecule has 120 valence electrons. The zero-order valence-electron chi connectivity index (χ0n) is 13.5. The maximum absolute atomic E-state index is 12.5. The van der Waals surface area contributed by atoms with E-state index >= 15 is 0 Å². The van der Waals surface area contributed by atoms with E-state index in [1.54, 1.807) is 10.6 Å². The molecule has 2 rings (SSSR count). The van der Waals surface area contributed by atoms with Crippen LogP contribution < -0.4 is 11.3 Å². The number of aromatic nitrogens is 1. The van der Waals surface area contributed by atoms with Crippen LogP contribution in [0.25, 0.3) is 11.3 Å². The Labute approximate surface area is 135 Å². The first-order chi connectivity index (χ1) is 11.1. The van der Waals surface area contributed by atoms with Gasteiger partial charge in [-0.1, -0.05) is 12.1 Å². The molecule has 0 fully saturated rings. The van der Waals surface area contributed by atoms with Crippen molar-refractivity contribution < 1.29 is 4.74 Å². The summed E-state index contributed by atoms with van der Waals surface area (Å²) in [6.07, 6.45) is 0. The van der Waals surface area contributed by atoms with Crippen molar-refractivity contribution in [1.82, 2.24) is 4.57 Å². The molecule has 0 aliphatic heterocycles. The van der Waals surface area contributed by atoms with Crippen molar-refractivity contribution in [1.29, 1.82) is 5.26 Å². The summed E-state index contributed by atoms with van der Waals surface area (Å²) < 4.78 is 6.98. The summed E-state index contributed by atoms with van der Waals surface area (Å²) in [5, 5.41) is 9.08. The Balaban J connectivity index is 2.45. The summed E-state index contributed by atoms with van der Waals surface area (Å²) in [6.45, 7) is 5.74. The average Bonchev–Trinajstić information content (AvgIpc) is 2.55. The molecule has 2 N–H and O–H groups in total. The number of aryl methyl sites for hydroxylation is 2. The maximum Gasteiger partial charge on any atom is 0.269 e. The van der Waals surface area contributed by atoms with E-state index in [-0.39, 0.29) is 11.1 Å². The van der Waals surface area contributed by atoms with Crippen LogP contribution in [-0.4, -0.2) is 24.3 Å². The van der Waals surface area contributed by atoms with Gasteiger partial charge in [0.25, 0.3) is 5.56 Å². The Kier molecular flexibility index (Phi) is 5.69. The van der Waals surface area contributed by atoms with Gasteiger partial charge in [-0.15, -0.1) is 0 Å². The van der Waals surface area contributed by atoms with Crippen molar-refractivity contribution >= 4 is 0 Å². The van der Waals surface area contributed by atoms with E-state index in [1.807, 2.05) is 44.2 Å². The molecule has 1 heterocycles. The lowest BCUT2D eigenvalue weighted by atomic mass is 10.0. The second-order valence-electron chi connectivity index (χ2n) is 5.40. The predicted octanol–water partition coefficient (Wildman–Crippen LogP) is 1.98. The Hall–Kier alpha value is -2.42. The van der Waals surface area contributed by atoms with Crippen LogP contribution in [0.4, 0.5) is 0 Å². The van der Waals surface area contributed by atoms with Crippen LogP contribution >= 0.6 is 0 Å². The Morgan fingerprint density at radius 2 is 1.96 bits per heavy atom. The number of nitriles is 1. The molecular formula is C18H21N3O2. The first-order valence-electron chi connectivity index (χ1n) is 7.58. The van der Waals surface area contributed by atoms with Gasteiger partial charge in [0.1, 0.15) is 11.6 Å². The molecule has 23 heavy (non-hydrogen) atoms. The second kappa shape index (κ2) is 7.73. The molecule has 0 unspecified atom stereocenters. The zero-order chi connectivity index (χ0) is 16.8. The van der Waals surface area contributed by atoms with Gasteiger partial charge < -0.3 is 15.0 Å². The molecule has 0 saturated carbocycles. The third-order valence-corrected chi connectivity index (χ3v) is 3.82. The minimum atomic E-state index is -0.292. The van der Waals surface area contributed by atoms with Crippen molar-refractivity contribution in [3.63, 3.8) is 0 Å². The fourth-order valence-electron chi connectivity index (χ4n) is 2.38. The number of nitrogens with zero attached hydrogens (tertiary/aromatic N) is 2. The van der Waals surface area contributed by atoms with E-state index in [9.17, 15) is 4.79 Å². The molecule has 2 aromatic rings. The van der Waals surface area contributed by atoms with Crippen molar-refractivity contribution in [2.24, 2.45) is 5.73 Å². The number of nitrogens with two attached hydrogens (primary N) is 1. The molecule has 0 spiro atoms. The molecule has 0 radical (unpaired) electrons. The van der Waals surface area contributed by atoms with Gasteiger partial charge in [-0.05, 0) is 48.7 Å². The molecule has 0 aliphatic rings. The van der Waals surface area contributed by atoms with E-state index in [4.69, 9.17) is 15.7 Å². The van der Waals surface area contributed by atoms with Gasteiger partial charge in [0.2, 0.25) is 0 Å². The third-order valence-electron chi connectivity index (χ3n) is 3.82. The summed E-state index contributed by atoms with van der Waals surface area (Å²) in [5.41, 5.74) is 9.33. The summed E-state index contributed by atoms with van der Waals surface area (Å²) in [4.78, 5) is 12.5. The maximum atomic E-state index is 12.5. The van der Waals surface area contributed by atoms with Crippen LogP contribution in [0.3, 0.4) is 0 Å². The van der Waals surface area contributed by atoms with Crippen molar-refractivity contribution in [2.75, 3.05) is 19.8 Å². The average molecular weight is 311 g/mol. The normalized spacial score (nSPS) is 10.5. The molecular weight excluding hydrogens is 290 g/mol. The largest absolute Gasteiger partial charge is 0.378 e. The van der Waals surface area contributed by atoms with Gasteiger partial charge in [-0.2, -0.15) is 5.26 Å². The predicted molar refractivity (Wildman–Crippen MR) is 90.2 cm³/mol. The summed E-state index contributed by atoms with van der Waals surface area (Å²) in [7, 11) is 0. The highest BCUT2D eigenvalue weighted by molar-refractivity contribution is 5.62. The van der Waals surface area contributed by atoms with Crippen LogP contribution in [0.1, 0.15) is 16.7 Å². The molecule has 5 nitrogen and oxygen atoms in total. The minimum absolute atomic E-state index is 0.136. The molecule has 1 aromatic heterocycles. The summed E-state index contributed by atoms with van der Waals surface area (Å²) in [6, 6.07) is 11.4. The van der Waals surface area contributed by atoms with Gasteiger partial charge in [-0.25, -0.2) is 0 Å². The first kappa shape index (κ1) is 16.9. The third kappa shape index (κ3) is 3.86. The first-order valence-corrected chi connectivity index (χ1v) is 7.58. The number of ether oxygens (including phenoxy) is 1. The molecule has 0 aliphatic carbocycles. The van der Waals surface area contributed by atoms with E-state index in [1.165, 1.54) is 5.56 Å². The lowest BCUT2D eigenvalue weighted by Crippen LogP contribution is -2.26. The lowest BCUT2D eigenvalue weighted by molar-refractivity contribution is 0.133. The highest BCUT2D eigenvalue weighted by atomic mass is 16.5. The number of hydrogen-bond acceptors (Lipinski definition) is 4. The molecule has 5 heteroatoms. The quantitative estimate of drug-likeness (QED) is 0.827. The molecule has 1 aromatic carbocycles. The number of rotatable bonds is 6. The van der Waals surface area contributed by atoms with Crippen LogP contribution in [0.2, 0.25) is 0 Å². The zero-order valence-corrected chi connectivity index (χ0v) is 13.5. The second-order valence-corrected chi connectivity index (χ2v) is 5.40. The van der Waals surface area contributed by atoms with E-state index < -0.39 is 0 Å². The lowest BCUT2D eigenvalue weighted by Gasteiger charge is -2.14. The topological polar surface area (TPSA) is 81.0 Å². The summed E-state index contributed by atoms with van der Waals surface area (Å²) >= 11 is 0. The highest BCUT2D eigenvalue weighted by Gasteiger charge is 2.11. The van der Waals surface area contributed by atoms with E-state index in [0.717, 1.165) is 16.8 Å². The van der Waals surface area contributed by atoms with Crippen LogP contribution in [0.5, 0.6) is 0 Å². The smallest absolute Gasteiger partial charge is 0.269 e. The van der Waals surface area contributed by atoms with Gasteiger partial charge >= 0.3 is 0 Å². The van der Waals surface area contributed by atoms with E-state index in [0.29, 0.717) is 26.3 Å². The number of benzene rings is 1. The highest BCUT2D eigenvalue weighted by Crippen LogP contribution is 2.21. The van der Waals surface area contributed by atoms with Crippen LogP contribution in [-0.2, 0) is 11.3 Å². The van der Waals surface area contributed by atoms with E-state index in [2.05, 4.69) is 0 Å². The Morgan fingerprint density at radius 1 is 1.17 bits per heavy atom. The van der Waals surface area contributed by atoms with Crippen molar-refractivity contribution in [3.05, 3.63) is 57.4 Å². The number of hydrogen-bond donors (Lipinski definition) is 1. The molecule has 0 amide bonds. The van der Waals surface area contributed by atoms with Crippen molar-refractivity contribution in [2.45, 2.75) is 20.4 Å². The monoisotopic (exact) mass is 311 g/mol. The molecule has 0 saturated heterocycles.